The summed E-state index contributed by atoms with van der Waals surface area (Å²) < 4.78 is 5.25. The lowest BCUT2D eigenvalue weighted by molar-refractivity contribution is 0.513. The van der Waals surface area contributed by atoms with Crippen LogP contribution in [0.5, 0.6) is 0 Å². The smallest absolute Gasteiger partial charge is 0.129 e. The molecule has 0 radical (unpaired) electrons. The molecule has 4 nitrogen and oxygen atoms in total. The van der Waals surface area contributed by atoms with Crippen molar-refractivity contribution >= 4 is 5.82 Å². The highest BCUT2D eigenvalue weighted by atomic mass is 16.3. The Morgan fingerprint density at radius 1 is 1.31 bits per heavy atom. The van der Waals surface area contributed by atoms with Crippen molar-refractivity contribution in [2.24, 2.45) is 0 Å². The van der Waals surface area contributed by atoms with Crippen molar-refractivity contribution in [2.45, 2.75) is 20.3 Å². The predicted octanol–water partition coefficient (Wildman–Crippen LogP) is 2.34. The Labute approximate surface area is 94.7 Å². The second-order valence-corrected chi connectivity index (χ2v) is 3.70. The maximum absolute atomic E-state index is 5.25. The highest BCUT2D eigenvalue weighted by molar-refractivity contribution is 5.35. The zero-order chi connectivity index (χ0) is 11.4. The number of aromatic nitrogens is 2. The molecule has 0 unspecified atom stereocenters. The predicted molar refractivity (Wildman–Crippen MR) is 62.4 cm³/mol. The lowest BCUT2D eigenvalue weighted by Crippen LogP contribution is -2.07. The summed E-state index contributed by atoms with van der Waals surface area (Å²) in [5.74, 6) is 2.65. The molecule has 2 heterocycles. The second-order valence-electron chi connectivity index (χ2n) is 3.70. The molecule has 0 bridgehead atoms. The number of nitrogens with one attached hydrogen (secondary N) is 1. The van der Waals surface area contributed by atoms with E-state index in [0.29, 0.717) is 0 Å². The summed E-state index contributed by atoms with van der Waals surface area (Å²) in [5.41, 5.74) is 0.980. The summed E-state index contributed by atoms with van der Waals surface area (Å²) in [6.45, 7) is 4.67. The van der Waals surface area contributed by atoms with Crippen molar-refractivity contribution in [3.63, 3.8) is 0 Å². The molecule has 4 heteroatoms. The van der Waals surface area contributed by atoms with E-state index in [1.165, 1.54) is 0 Å². The summed E-state index contributed by atoms with van der Waals surface area (Å²) >= 11 is 0. The minimum atomic E-state index is 0.792. The second kappa shape index (κ2) is 4.79. The van der Waals surface area contributed by atoms with Crippen LogP contribution in [-0.2, 0) is 6.42 Å². The van der Waals surface area contributed by atoms with Gasteiger partial charge in [-0.25, -0.2) is 9.97 Å². The van der Waals surface area contributed by atoms with Crippen molar-refractivity contribution in [1.82, 2.24) is 9.97 Å². The van der Waals surface area contributed by atoms with Crippen LogP contribution in [0.2, 0.25) is 0 Å². The minimum absolute atomic E-state index is 0.792. The summed E-state index contributed by atoms with van der Waals surface area (Å²) in [7, 11) is 0. The van der Waals surface area contributed by atoms with Gasteiger partial charge in [0.15, 0.2) is 0 Å². The number of furan rings is 1. The van der Waals surface area contributed by atoms with E-state index < -0.39 is 0 Å². The number of rotatable bonds is 4. The van der Waals surface area contributed by atoms with Crippen molar-refractivity contribution in [3.8, 4) is 0 Å². The molecule has 0 saturated carbocycles. The first-order valence-corrected chi connectivity index (χ1v) is 5.32. The Morgan fingerprint density at radius 3 is 2.88 bits per heavy atom. The summed E-state index contributed by atoms with van der Waals surface area (Å²) in [6, 6.07) is 5.81. The third-order valence-electron chi connectivity index (χ3n) is 2.22. The Kier molecular flexibility index (Phi) is 3.19. The van der Waals surface area contributed by atoms with Crippen molar-refractivity contribution < 1.29 is 4.42 Å². The molecule has 16 heavy (non-hydrogen) atoms. The van der Waals surface area contributed by atoms with Gasteiger partial charge in [0.25, 0.3) is 0 Å². The Morgan fingerprint density at radius 2 is 2.19 bits per heavy atom. The van der Waals surface area contributed by atoms with Gasteiger partial charge in [0.05, 0.1) is 6.26 Å². The lowest BCUT2D eigenvalue weighted by atomic mass is 10.3. The van der Waals surface area contributed by atoms with E-state index in [4.69, 9.17) is 4.42 Å². The highest BCUT2D eigenvalue weighted by Crippen LogP contribution is 2.06. The van der Waals surface area contributed by atoms with Gasteiger partial charge in [-0.15, -0.1) is 0 Å². The molecular formula is C12H15N3O. The van der Waals surface area contributed by atoms with E-state index in [9.17, 15) is 0 Å². The molecule has 0 aliphatic rings. The Balaban J connectivity index is 1.89. The largest absolute Gasteiger partial charge is 0.469 e. The van der Waals surface area contributed by atoms with Gasteiger partial charge in [-0.2, -0.15) is 0 Å². The maximum Gasteiger partial charge on any atom is 0.129 e. The van der Waals surface area contributed by atoms with Crippen LogP contribution in [0.15, 0.2) is 28.9 Å². The third-order valence-corrected chi connectivity index (χ3v) is 2.22. The topological polar surface area (TPSA) is 51.0 Å². The van der Waals surface area contributed by atoms with E-state index >= 15 is 0 Å². The van der Waals surface area contributed by atoms with Crippen LogP contribution in [0.3, 0.4) is 0 Å². The number of anilines is 1. The van der Waals surface area contributed by atoms with Crippen molar-refractivity contribution in [1.29, 1.82) is 0 Å². The van der Waals surface area contributed by atoms with Crippen molar-refractivity contribution in [2.75, 3.05) is 11.9 Å². The average Bonchev–Trinajstić information content (AvgIpc) is 2.69. The molecule has 0 saturated heterocycles. The quantitative estimate of drug-likeness (QED) is 0.854. The maximum atomic E-state index is 5.25. The number of hydrogen-bond acceptors (Lipinski definition) is 4. The molecule has 0 aliphatic carbocycles. The monoisotopic (exact) mass is 217 g/mol. The molecule has 0 aliphatic heterocycles. The lowest BCUT2D eigenvalue weighted by Gasteiger charge is -2.05. The third kappa shape index (κ3) is 2.82. The molecule has 84 valence electrons. The Bertz CT molecular complexity index is 431. The summed E-state index contributed by atoms with van der Waals surface area (Å²) in [4.78, 5) is 8.52. The molecule has 2 rings (SSSR count). The van der Waals surface area contributed by atoms with Gasteiger partial charge < -0.3 is 9.73 Å². The van der Waals surface area contributed by atoms with E-state index in [1.54, 1.807) is 6.26 Å². The van der Waals surface area contributed by atoms with Crippen LogP contribution in [0.1, 0.15) is 17.3 Å². The molecule has 0 aromatic carbocycles. The number of aryl methyl sites for hydroxylation is 2. The molecule has 2 aromatic heterocycles. The van der Waals surface area contributed by atoms with Crippen LogP contribution in [0, 0.1) is 13.8 Å². The van der Waals surface area contributed by atoms with Crippen molar-refractivity contribution in [3.05, 3.63) is 41.7 Å². The average molecular weight is 217 g/mol. The van der Waals surface area contributed by atoms with E-state index in [-0.39, 0.29) is 0 Å². The fraction of sp³-hybridized carbons (Fsp3) is 0.333. The van der Waals surface area contributed by atoms with Gasteiger partial charge in [0.1, 0.15) is 17.4 Å². The fourth-order valence-corrected chi connectivity index (χ4v) is 1.58. The van der Waals surface area contributed by atoms with Crippen LogP contribution < -0.4 is 5.32 Å². The van der Waals surface area contributed by atoms with Gasteiger partial charge in [0.2, 0.25) is 0 Å². The minimum Gasteiger partial charge on any atom is -0.469 e. The zero-order valence-corrected chi connectivity index (χ0v) is 9.53. The first-order valence-electron chi connectivity index (χ1n) is 5.32. The molecule has 0 amide bonds. The van der Waals surface area contributed by atoms with Gasteiger partial charge in [-0.3, -0.25) is 0 Å². The standard InChI is InChI=1S/C12H15N3O/c1-9-8-12(15-10(2)14-9)13-6-5-11-4-3-7-16-11/h3-4,7-8H,5-6H2,1-2H3,(H,13,14,15). The first kappa shape index (κ1) is 10.7. The normalized spacial score (nSPS) is 10.4. The number of nitrogens with zero attached hydrogens (tertiary/aromatic N) is 2. The summed E-state index contributed by atoms with van der Waals surface area (Å²) in [5, 5.41) is 3.25. The van der Waals surface area contributed by atoms with Gasteiger partial charge >= 0.3 is 0 Å². The van der Waals surface area contributed by atoms with Crippen LogP contribution >= 0.6 is 0 Å². The Hall–Kier alpha value is -1.84. The SMILES string of the molecule is Cc1cc(NCCc2ccco2)nc(C)n1. The van der Waals surface area contributed by atoms with Crippen LogP contribution in [0.4, 0.5) is 5.82 Å². The molecule has 0 atom stereocenters. The van der Waals surface area contributed by atoms with Gasteiger partial charge in [0, 0.05) is 24.7 Å². The highest BCUT2D eigenvalue weighted by Gasteiger charge is 1.99. The molecule has 0 fully saturated rings. The molecule has 0 spiro atoms. The summed E-state index contributed by atoms with van der Waals surface area (Å²) in [6.07, 6.45) is 2.55. The van der Waals surface area contributed by atoms with Crippen LogP contribution in [0.25, 0.3) is 0 Å². The van der Waals surface area contributed by atoms with E-state index in [2.05, 4.69) is 15.3 Å². The van der Waals surface area contributed by atoms with Crippen LogP contribution in [-0.4, -0.2) is 16.5 Å². The fourth-order valence-electron chi connectivity index (χ4n) is 1.58. The first-order chi connectivity index (χ1) is 7.74. The zero-order valence-electron chi connectivity index (χ0n) is 9.53. The van der Waals surface area contributed by atoms with Gasteiger partial charge in [-0.1, -0.05) is 0 Å². The molecule has 1 N–H and O–H groups in total. The molecular weight excluding hydrogens is 202 g/mol. The van der Waals surface area contributed by atoms with E-state index in [0.717, 1.165) is 36.1 Å². The number of hydrogen-bond donors (Lipinski definition) is 1. The van der Waals surface area contributed by atoms with E-state index in [1.807, 2.05) is 32.0 Å². The molecule has 2 aromatic rings. The van der Waals surface area contributed by atoms with Gasteiger partial charge in [-0.05, 0) is 26.0 Å².